The van der Waals surface area contributed by atoms with Gasteiger partial charge in [0.15, 0.2) is 0 Å². The summed E-state index contributed by atoms with van der Waals surface area (Å²) in [5, 5.41) is 7.18. The lowest BCUT2D eigenvalue weighted by molar-refractivity contribution is -0.131. The molecule has 1 aliphatic rings. The average molecular weight is 383 g/mol. The molecular weight excluding hydrogens is 354 g/mol. The first kappa shape index (κ1) is 20.0. The minimum Gasteiger partial charge on any atom is -0.349 e. The van der Waals surface area contributed by atoms with Crippen LogP contribution < -0.4 is 5.32 Å². The third-order valence-corrected chi connectivity index (χ3v) is 5.09. The topological polar surface area (TPSA) is 80.1 Å². The van der Waals surface area contributed by atoms with Crippen molar-refractivity contribution in [2.24, 2.45) is 0 Å². The van der Waals surface area contributed by atoms with Crippen molar-refractivity contribution in [2.45, 2.75) is 52.4 Å². The largest absolute Gasteiger partial charge is 0.349 e. The summed E-state index contributed by atoms with van der Waals surface area (Å²) in [6.07, 6.45) is 3.63. The zero-order valence-corrected chi connectivity index (χ0v) is 16.9. The number of hydrogen-bond acceptors (Lipinski definition) is 4. The molecule has 7 nitrogen and oxygen atoms in total. The van der Waals surface area contributed by atoms with Crippen LogP contribution in [0.15, 0.2) is 24.3 Å². The number of rotatable bonds is 6. The molecule has 0 atom stereocenters. The van der Waals surface area contributed by atoms with E-state index in [1.54, 1.807) is 4.68 Å². The van der Waals surface area contributed by atoms with Crippen molar-refractivity contribution < 1.29 is 9.59 Å². The van der Waals surface area contributed by atoms with E-state index in [1.165, 1.54) is 6.42 Å². The van der Waals surface area contributed by atoms with Gasteiger partial charge >= 0.3 is 0 Å². The van der Waals surface area contributed by atoms with Crippen LogP contribution in [-0.4, -0.2) is 51.1 Å². The fourth-order valence-corrected chi connectivity index (χ4v) is 3.55. The molecule has 7 heteroatoms. The quantitative estimate of drug-likeness (QED) is 0.832. The number of nitrogens with zero attached hydrogens (tertiary/aromatic N) is 4. The third-order valence-electron chi connectivity index (χ3n) is 5.09. The molecule has 1 aliphatic heterocycles. The molecule has 0 bridgehead atoms. The number of likely N-dealkylation sites (tertiary alicyclic amines) is 1. The maximum Gasteiger partial charge on any atom is 0.290 e. The number of para-hydroxylation sites is 1. The maximum atomic E-state index is 12.4. The number of carbonyl (C=O) groups excluding carboxylic acids is 2. The molecule has 2 aromatic rings. The van der Waals surface area contributed by atoms with Crippen molar-refractivity contribution in [3.8, 4) is 5.69 Å². The summed E-state index contributed by atoms with van der Waals surface area (Å²) in [6, 6.07) is 8.00. The van der Waals surface area contributed by atoms with Crippen molar-refractivity contribution in [2.75, 3.05) is 19.6 Å². The number of amides is 2. The van der Waals surface area contributed by atoms with Gasteiger partial charge in [-0.25, -0.2) is 9.67 Å². The Labute approximate surface area is 166 Å². The van der Waals surface area contributed by atoms with Crippen LogP contribution in [0.2, 0.25) is 0 Å². The van der Waals surface area contributed by atoms with Crippen LogP contribution in [0.3, 0.4) is 0 Å². The summed E-state index contributed by atoms with van der Waals surface area (Å²) < 4.78 is 1.71. The van der Waals surface area contributed by atoms with E-state index in [9.17, 15) is 9.59 Å². The zero-order valence-electron chi connectivity index (χ0n) is 16.9. The van der Waals surface area contributed by atoms with Crippen LogP contribution in [0.5, 0.6) is 0 Å². The normalized spacial score (nSPS) is 14.4. The fraction of sp³-hybridized carbons (Fsp3) is 0.524. The molecular formula is C21H29N5O2. The summed E-state index contributed by atoms with van der Waals surface area (Å²) in [5.74, 6) is 0.859. The van der Waals surface area contributed by atoms with Gasteiger partial charge in [-0.05, 0) is 43.7 Å². The Kier molecular flexibility index (Phi) is 6.44. The molecule has 0 spiro atoms. The second-order valence-corrected chi connectivity index (χ2v) is 7.56. The number of aryl methyl sites for hydroxylation is 1. The predicted molar refractivity (Wildman–Crippen MR) is 108 cm³/mol. The van der Waals surface area contributed by atoms with Gasteiger partial charge in [0.05, 0.1) is 5.69 Å². The van der Waals surface area contributed by atoms with Gasteiger partial charge in [-0.1, -0.05) is 32.0 Å². The molecule has 0 radical (unpaired) electrons. The van der Waals surface area contributed by atoms with E-state index in [0.29, 0.717) is 24.7 Å². The lowest BCUT2D eigenvalue weighted by Gasteiger charge is -2.26. The molecule has 2 amide bonds. The zero-order chi connectivity index (χ0) is 20.1. The molecule has 1 saturated heterocycles. The molecule has 2 heterocycles. The van der Waals surface area contributed by atoms with E-state index in [2.05, 4.69) is 35.3 Å². The first-order chi connectivity index (χ1) is 13.5. The van der Waals surface area contributed by atoms with E-state index in [1.807, 2.05) is 30.0 Å². The van der Waals surface area contributed by atoms with Crippen molar-refractivity contribution in [1.29, 1.82) is 0 Å². The molecule has 28 heavy (non-hydrogen) atoms. The molecule has 0 saturated carbocycles. The highest BCUT2D eigenvalue weighted by Gasteiger charge is 2.19. The molecule has 1 aromatic carbocycles. The van der Waals surface area contributed by atoms with Gasteiger partial charge < -0.3 is 10.2 Å². The monoisotopic (exact) mass is 383 g/mol. The van der Waals surface area contributed by atoms with Gasteiger partial charge in [-0.15, -0.1) is 5.10 Å². The minimum atomic E-state index is -0.352. The lowest BCUT2D eigenvalue weighted by atomic mass is 10.0. The smallest absolute Gasteiger partial charge is 0.290 e. The van der Waals surface area contributed by atoms with Crippen LogP contribution in [0.1, 0.15) is 67.5 Å². The maximum absolute atomic E-state index is 12.4. The average Bonchev–Trinajstić information content (AvgIpc) is 3.10. The summed E-state index contributed by atoms with van der Waals surface area (Å²) in [6.45, 7) is 8.03. The van der Waals surface area contributed by atoms with E-state index in [0.717, 1.165) is 37.2 Å². The Morgan fingerprint density at radius 2 is 1.86 bits per heavy atom. The third kappa shape index (κ3) is 4.58. The Balaban J connectivity index is 1.63. The van der Waals surface area contributed by atoms with Crippen LogP contribution in [-0.2, 0) is 4.79 Å². The summed E-state index contributed by atoms with van der Waals surface area (Å²) in [4.78, 5) is 30.8. The molecule has 1 fully saturated rings. The highest BCUT2D eigenvalue weighted by Crippen LogP contribution is 2.23. The highest BCUT2D eigenvalue weighted by atomic mass is 16.2. The van der Waals surface area contributed by atoms with Gasteiger partial charge in [0.1, 0.15) is 5.82 Å². The number of piperidine rings is 1. The standard InChI is InChI=1S/C21H29N5O2/c1-15(2)17-9-5-6-10-18(17)26-16(3)23-20(24-26)21(28)22-12-11-19(27)25-13-7-4-8-14-25/h5-6,9-10,15H,4,7-8,11-14H2,1-3H3,(H,22,28). The van der Waals surface area contributed by atoms with E-state index in [4.69, 9.17) is 0 Å². The van der Waals surface area contributed by atoms with Gasteiger partial charge in [-0.3, -0.25) is 9.59 Å². The number of hydrogen-bond donors (Lipinski definition) is 1. The highest BCUT2D eigenvalue weighted by molar-refractivity contribution is 5.90. The van der Waals surface area contributed by atoms with Gasteiger partial charge in [0.2, 0.25) is 11.7 Å². The number of nitrogens with one attached hydrogen (secondary N) is 1. The summed E-state index contributed by atoms with van der Waals surface area (Å²) in [7, 11) is 0. The Morgan fingerprint density at radius 3 is 2.57 bits per heavy atom. The first-order valence-electron chi connectivity index (χ1n) is 10.1. The van der Waals surface area contributed by atoms with E-state index < -0.39 is 0 Å². The van der Waals surface area contributed by atoms with E-state index >= 15 is 0 Å². The van der Waals surface area contributed by atoms with E-state index in [-0.39, 0.29) is 17.6 Å². The lowest BCUT2D eigenvalue weighted by Crippen LogP contribution is -2.38. The van der Waals surface area contributed by atoms with Gasteiger partial charge in [-0.2, -0.15) is 0 Å². The fourth-order valence-electron chi connectivity index (χ4n) is 3.55. The Morgan fingerprint density at radius 1 is 1.14 bits per heavy atom. The summed E-state index contributed by atoms with van der Waals surface area (Å²) in [5.41, 5.74) is 2.08. The molecule has 1 N–H and O–H groups in total. The second kappa shape index (κ2) is 8.99. The predicted octanol–water partition coefficient (Wildman–Crippen LogP) is 2.83. The van der Waals surface area contributed by atoms with Crippen molar-refractivity contribution in [3.63, 3.8) is 0 Å². The number of benzene rings is 1. The molecule has 0 aliphatic carbocycles. The van der Waals surface area contributed by atoms with Crippen molar-refractivity contribution in [1.82, 2.24) is 25.0 Å². The molecule has 3 rings (SSSR count). The van der Waals surface area contributed by atoms with Crippen molar-refractivity contribution >= 4 is 11.8 Å². The minimum absolute atomic E-state index is 0.0977. The number of aromatic nitrogens is 3. The SMILES string of the molecule is Cc1nc(C(=O)NCCC(=O)N2CCCCC2)nn1-c1ccccc1C(C)C. The Bertz CT molecular complexity index is 837. The first-order valence-corrected chi connectivity index (χ1v) is 10.1. The van der Waals surface area contributed by atoms with Crippen molar-refractivity contribution in [3.05, 3.63) is 41.5 Å². The number of carbonyl (C=O) groups is 2. The Hall–Kier alpha value is -2.70. The van der Waals surface area contributed by atoms with Crippen LogP contribution in [0.4, 0.5) is 0 Å². The molecule has 1 aromatic heterocycles. The molecule has 0 unspecified atom stereocenters. The summed E-state index contributed by atoms with van der Waals surface area (Å²) >= 11 is 0. The van der Waals surface area contributed by atoms with Crippen LogP contribution >= 0.6 is 0 Å². The van der Waals surface area contributed by atoms with Crippen LogP contribution in [0, 0.1) is 6.92 Å². The second-order valence-electron chi connectivity index (χ2n) is 7.56. The van der Waals surface area contributed by atoms with Crippen LogP contribution in [0.25, 0.3) is 5.69 Å². The molecule has 150 valence electrons. The van der Waals surface area contributed by atoms with Gasteiger partial charge in [0.25, 0.3) is 5.91 Å². The van der Waals surface area contributed by atoms with Gasteiger partial charge in [0, 0.05) is 26.1 Å².